The molecule has 0 saturated heterocycles. The number of carbonyl (C=O) groups is 1. The summed E-state index contributed by atoms with van der Waals surface area (Å²) in [4.78, 5) is 18.4. The molecule has 0 aliphatic carbocycles. The Morgan fingerprint density at radius 1 is 1.04 bits per heavy atom. The maximum atomic E-state index is 13.8. The monoisotopic (exact) mass is 747 g/mol. The molecule has 0 aliphatic heterocycles. The van der Waals surface area contributed by atoms with Crippen molar-refractivity contribution in [2.45, 2.75) is 99.6 Å². The summed E-state index contributed by atoms with van der Waals surface area (Å²) in [5, 5.41) is 1.25. The number of carbonyl (C=O) groups excluding carboxylic acids is 1. The molecule has 288 valence electrons. The maximum Gasteiger partial charge on any atom is 0.416 e. The van der Waals surface area contributed by atoms with Gasteiger partial charge in [-0.25, -0.2) is 15.1 Å². The normalized spacial score (nSPS) is 12.5. The zero-order valence-corrected chi connectivity index (χ0v) is 33.2. The summed E-state index contributed by atoms with van der Waals surface area (Å²) < 4.78 is 68.9. The van der Waals surface area contributed by atoms with Crippen molar-refractivity contribution in [1.29, 1.82) is 0 Å². The van der Waals surface area contributed by atoms with E-state index in [2.05, 4.69) is 51.2 Å². The van der Waals surface area contributed by atoms with Gasteiger partial charge in [0.1, 0.15) is 28.1 Å². The third-order valence-corrected chi connectivity index (χ3v) is 8.02. The molecule has 0 bridgehead atoms. The summed E-state index contributed by atoms with van der Waals surface area (Å²) in [5.74, 6) is 6.62. The van der Waals surface area contributed by atoms with Crippen LogP contribution in [0, 0.1) is 5.41 Å². The first kappa shape index (κ1) is 44.1. The number of para-hydroxylation sites is 1. The highest BCUT2D eigenvalue weighted by Crippen LogP contribution is 2.42. The third-order valence-electron chi connectivity index (χ3n) is 7.51. The summed E-state index contributed by atoms with van der Waals surface area (Å²) in [6, 6.07) is 12.1. The van der Waals surface area contributed by atoms with E-state index in [4.69, 9.17) is 15.3 Å². The summed E-state index contributed by atoms with van der Waals surface area (Å²) >= 11 is 0. The number of hydrazine groups is 1. The zero-order chi connectivity index (χ0) is 39.4. The predicted molar refractivity (Wildman–Crippen MR) is 208 cm³/mol. The Morgan fingerprint density at radius 3 is 2.25 bits per heavy atom. The van der Waals surface area contributed by atoms with Gasteiger partial charge in [0.25, 0.3) is 5.91 Å². The van der Waals surface area contributed by atoms with Crippen LogP contribution in [0.5, 0.6) is 17.2 Å². The van der Waals surface area contributed by atoms with Gasteiger partial charge in [-0.05, 0) is 48.6 Å². The lowest BCUT2D eigenvalue weighted by Crippen LogP contribution is -2.39. The zero-order valence-electron chi connectivity index (χ0n) is 32.4. The Hall–Kier alpha value is -4.10. The Kier molecular flexibility index (Phi) is 16.7. The minimum Gasteiger partial charge on any atom is -0.492 e. The lowest BCUT2D eigenvalue weighted by atomic mass is 9.93. The molecule has 0 fully saturated rings. The van der Waals surface area contributed by atoms with E-state index in [-0.39, 0.29) is 22.8 Å². The average Bonchev–Trinajstić information content (AvgIpc) is 3.42. The van der Waals surface area contributed by atoms with E-state index in [1.807, 2.05) is 19.9 Å². The minimum absolute atomic E-state index is 0.0922. The first-order valence-corrected chi connectivity index (χ1v) is 19.2. The molecule has 3 N–H and O–H groups in total. The van der Waals surface area contributed by atoms with Gasteiger partial charge in [0.05, 0.1) is 23.9 Å². The summed E-state index contributed by atoms with van der Waals surface area (Å²) in [6.07, 6.45) is 3.52. The Bertz CT molecular complexity index is 1780. The smallest absolute Gasteiger partial charge is 0.416 e. The molecule has 4 aromatic rings. The van der Waals surface area contributed by atoms with Crippen LogP contribution in [0.25, 0.3) is 10.9 Å². The molecule has 13 heteroatoms. The third kappa shape index (κ3) is 12.3. The highest BCUT2D eigenvalue weighted by Gasteiger charge is 2.35. The van der Waals surface area contributed by atoms with E-state index < -0.39 is 28.6 Å². The SMILES string of the molecule is CC.CC(C)(C)C.CCCCC(CCC)c1cc(Oc2cccc3cc(C(=O)N(N)c4cc(C(F)(F)F)cc(NS(C)=O)c4OC)n(C)c23)ccn1. The first-order valence-electron chi connectivity index (χ1n) is 17.6. The van der Waals surface area contributed by atoms with Crippen LogP contribution in [0.4, 0.5) is 24.5 Å². The van der Waals surface area contributed by atoms with Gasteiger partial charge in [0.15, 0.2) is 11.5 Å². The fourth-order valence-corrected chi connectivity index (χ4v) is 5.84. The molecular formula is C39H56F3N5O4S. The molecule has 9 nitrogen and oxygen atoms in total. The Labute approximate surface area is 309 Å². The van der Waals surface area contributed by atoms with E-state index in [0.717, 1.165) is 43.9 Å². The highest BCUT2D eigenvalue weighted by atomic mass is 32.2. The number of aryl methyl sites for hydroxylation is 1. The number of rotatable bonds is 13. The number of amides is 1. The van der Waals surface area contributed by atoms with E-state index in [1.54, 1.807) is 48.1 Å². The molecule has 2 unspecified atom stereocenters. The van der Waals surface area contributed by atoms with Gasteiger partial charge in [-0.3, -0.25) is 9.78 Å². The van der Waals surface area contributed by atoms with E-state index in [1.165, 1.54) is 13.4 Å². The molecule has 2 aromatic carbocycles. The highest BCUT2D eigenvalue weighted by molar-refractivity contribution is 7.85. The van der Waals surface area contributed by atoms with Crippen LogP contribution in [-0.4, -0.2) is 33.0 Å². The molecule has 0 spiro atoms. The van der Waals surface area contributed by atoms with Gasteiger partial charge in [-0.15, -0.1) is 0 Å². The van der Waals surface area contributed by atoms with Crippen molar-refractivity contribution in [3.8, 4) is 17.2 Å². The summed E-state index contributed by atoms with van der Waals surface area (Å²) in [5.41, 5.74) is 0.452. The number of pyridine rings is 1. The number of alkyl halides is 3. The van der Waals surface area contributed by atoms with Gasteiger partial charge in [0, 0.05) is 42.6 Å². The Morgan fingerprint density at radius 2 is 1.69 bits per heavy atom. The Balaban J connectivity index is 0.00000123. The van der Waals surface area contributed by atoms with E-state index >= 15 is 0 Å². The fraction of sp³-hybridized carbons (Fsp3) is 0.487. The van der Waals surface area contributed by atoms with Crippen LogP contribution in [0.3, 0.4) is 0 Å². The molecule has 1 amide bonds. The predicted octanol–water partition coefficient (Wildman–Crippen LogP) is 10.8. The van der Waals surface area contributed by atoms with Crippen molar-refractivity contribution >= 4 is 39.2 Å². The second kappa shape index (κ2) is 19.7. The van der Waals surface area contributed by atoms with Crippen molar-refractivity contribution in [3.63, 3.8) is 0 Å². The topological polar surface area (TPSA) is 112 Å². The standard InChI is InChI=1S/C32H38F3N5O4S.C5H12.C2H6/c1-6-8-11-20(10-7-2)24-19-23(14-15-37-24)44-28-13-9-12-21-16-27(39(3)29(21)28)31(41)40(36)26-18-22(32(33,34)35)17-25(30(26)43-4)38-45(5)42;1-5(2,3)4;1-2/h9,12-20,38H,6-8,10-11,36H2,1-5H3;1-4H3;1-2H3. The molecule has 52 heavy (non-hydrogen) atoms. The van der Waals surface area contributed by atoms with Gasteiger partial charge in [-0.2, -0.15) is 13.2 Å². The largest absolute Gasteiger partial charge is 0.492 e. The number of fused-ring (bicyclic) bond motifs is 1. The van der Waals surface area contributed by atoms with Crippen LogP contribution < -0.4 is 25.0 Å². The number of hydrogen-bond acceptors (Lipinski definition) is 6. The second-order valence-corrected chi connectivity index (χ2v) is 14.8. The van der Waals surface area contributed by atoms with Gasteiger partial charge in [-0.1, -0.05) is 86.8 Å². The fourth-order valence-electron chi connectivity index (χ4n) is 5.38. The molecule has 0 saturated carbocycles. The number of anilines is 2. The van der Waals surface area contributed by atoms with Crippen LogP contribution >= 0.6 is 0 Å². The lowest BCUT2D eigenvalue weighted by molar-refractivity contribution is -0.137. The number of benzene rings is 2. The molecule has 0 radical (unpaired) electrons. The second-order valence-electron chi connectivity index (χ2n) is 13.7. The number of ether oxygens (including phenoxy) is 2. The molecule has 0 aliphatic rings. The van der Waals surface area contributed by atoms with Crippen LogP contribution in [0.1, 0.15) is 115 Å². The average molecular weight is 748 g/mol. The lowest BCUT2D eigenvalue weighted by Gasteiger charge is -2.23. The van der Waals surface area contributed by atoms with Crippen LogP contribution in [0.15, 0.2) is 54.7 Å². The maximum absolute atomic E-state index is 13.8. The van der Waals surface area contributed by atoms with Crippen molar-refractivity contribution < 1.29 is 31.6 Å². The van der Waals surface area contributed by atoms with Gasteiger partial charge < -0.3 is 18.8 Å². The van der Waals surface area contributed by atoms with Crippen LogP contribution in [0.2, 0.25) is 0 Å². The summed E-state index contributed by atoms with van der Waals surface area (Å²) in [6.45, 7) is 17.1. The molecule has 2 heterocycles. The first-order chi connectivity index (χ1) is 24.4. The minimum atomic E-state index is -4.78. The number of nitrogens with two attached hydrogens (primary N) is 1. The molecule has 2 aromatic heterocycles. The number of aromatic nitrogens is 2. The van der Waals surface area contributed by atoms with Gasteiger partial charge >= 0.3 is 6.18 Å². The van der Waals surface area contributed by atoms with Crippen molar-refractivity contribution in [2.75, 3.05) is 23.1 Å². The van der Waals surface area contributed by atoms with E-state index in [0.29, 0.717) is 44.8 Å². The van der Waals surface area contributed by atoms with Crippen molar-refractivity contribution in [2.24, 2.45) is 18.3 Å². The van der Waals surface area contributed by atoms with E-state index in [9.17, 15) is 22.2 Å². The number of nitrogens with one attached hydrogen (secondary N) is 1. The number of unbranched alkanes of at least 4 members (excludes halogenated alkanes) is 1. The number of halogens is 3. The number of hydrogen-bond donors (Lipinski definition) is 2. The summed E-state index contributed by atoms with van der Waals surface area (Å²) in [7, 11) is 1.12. The number of methoxy groups -OCH3 is 1. The van der Waals surface area contributed by atoms with Gasteiger partial charge in [0.2, 0.25) is 0 Å². The molecule has 2 atom stereocenters. The molecular weight excluding hydrogens is 692 g/mol. The number of nitrogens with zero attached hydrogens (tertiary/aromatic N) is 3. The van der Waals surface area contributed by atoms with Crippen LogP contribution in [-0.2, 0) is 24.2 Å². The molecule has 4 rings (SSSR count). The van der Waals surface area contributed by atoms with Crippen molar-refractivity contribution in [1.82, 2.24) is 9.55 Å². The quantitative estimate of drug-likeness (QED) is 0.0800. The van der Waals surface area contributed by atoms with Crippen molar-refractivity contribution in [3.05, 3.63) is 71.7 Å².